The summed E-state index contributed by atoms with van der Waals surface area (Å²) in [6.07, 6.45) is 0. The largest absolute Gasteiger partial charge is 0.460 e. The summed E-state index contributed by atoms with van der Waals surface area (Å²) in [6, 6.07) is 9.48. The molecule has 0 aliphatic rings. The van der Waals surface area contributed by atoms with E-state index in [4.69, 9.17) is 4.74 Å². The molecule has 0 aliphatic carbocycles. The quantitative estimate of drug-likeness (QED) is 0.497. The standard InChI is InChI=1S/C19H17F4NO5/c1-11(24-16(25)12-2-6-14(7-3-12)28-18(20)21)10-27-17(26)13-4-8-15(9-5-13)29-19(22)23/h2-9,11,18-19H,10H2,1H3,(H,24,25). The van der Waals surface area contributed by atoms with E-state index in [2.05, 4.69) is 14.8 Å². The van der Waals surface area contributed by atoms with Crippen LogP contribution in [-0.2, 0) is 4.74 Å². The molecule has 1 N–H and O–H groups in total. The predicted octanol–water partition coefficient (Wildman–Crippen LogP) is 3.86. The minimum Gasteiger partial charge on any atom is -0.460 e. The van der Waals surface area contributed by atoms with Crippen molar-refractivity contribution in [3.05, 3.63) is 59.7 Å². The van der Waals surface area contributed by atoms with Crippen LogP contribution in [0.2, 0.25) is 0 Å². The SMILES string of the molecule is CC(COC(=O)c1ccc(OC(F)F)cc1)NC(=O)c1ccc(OC(F)F)cc1. The van der Waals surface area contributed by atoms with Gasteiger partial charge < -0.3 is 19.5 Å². The Labute approximate surface area is 163 Å². The van der Waals surface area contributed by atoms with E-state index in [0.29, 0.717) is 0 Å². The highest BCUT2D eigenvalue weighted by Gasteiger charge is 2.14. The van der Waals surface area contributed by atoms with Gasteiger partial charge in [0, 0.05) is 5.56 Å². The van der Waals surface area contributed by atoms with Crippen LogP contribution in [0.5, 0.6) is 11.5 Å². The molecule has 0 radical (unpaired) electrons. The van der Waals surface area contributed by atoms with Gasteiger partial charge >= 0.3 is 19.2 Å². The molecule has 6 nitrogen and oxygen atoms in total. The van der Waals surface area contributed by atoms with Gasteiger partial charge in [0.05, 0.1) is 11.6 Å². The maximum absolute atomic E-state index is 12.1. The van der Waals surface area contributed by atoms with Crippen molar-refractivity contribution < 1.29 is 41.4 Å². The number of hydrogen-bond acceptors (Lipinski definition) is 5. The van der Waals surface area contributed by atoms with Crippen LogP contribution in [0.3, 0.4) is 0 Å². The molecule has 0 saturated heterocycles. The van der Waals surface area contributed by atoms with Crippen LogP contribution in [0.4, 0.5) is 17.6 Å². The summed E-state index contributed by atoms with van der Waals surface area (Å²) in [4.78, 5) is 24.1. The first-order valence-corrected chi connectivity index (χ1v) is 8.32. The highest BCUT2D eigenvalue weighted by molar-refractivity contribution is 5.94. The molecule has 10 heteroatoms. The normalized spacial score (nSPS) is 11.8. The first kappa shape index (κ1) is 22.0. The van der Waals surface area contributed by atoms with E-state index in [1.165, 1.54) is 48.5 Å². The van der Waals surface area contributed by atoms with Crippen molar-refractivity contribution in [3.63, 3.8) is 0 Å². The molecule has 0 aliphatic heterocycles. The lowest BCUT2D eigenvalue weighted by atomic mass is 10.2. The third-order valence-corrected chi connectivity index (χ3v) is 3.50. The Morgan fingerprint density at radius 2 is 1.28 bits per heavy atom. The predicted molar refractivity (Wildman–Crippen MR) is 93.4 cm³/mol. The van der Waals surface area contributed by atoms with Crippen molar-refractivity contribution in [2.24, 2.45) is 0 Å². The van der Waals surface area contributed by atoms with Gasteiger partial charge in [-0.3, -0.25) is 4.79 Å². The lowest BCUT2D eigenvalue weighted by molar-refractivity contribution is -0.0505. The Balaban J connectivity index is 1.81. The minimum absolute atomic E-state index is 0.0801. The topological polar surface area (TPSA) is 73.9 Å². The van der Waals surface area contributed by atoms with E-state index >= 15 is 0 Å². The van der Waals surface area contributed by atoms with E-state index in [9.17, 15) is 27.2 Å². The minimum atomic E-state index is -2.97. The van der Waals surface area contributed by atoms with Gasteiger partial charge in [-0.05, 0) is 55.5 Å². The number of carbonyl (C=O) groups is 2. The molecule has 156 valence electrons. The summed E-state index contributed by atoms with van der Waals surface area (Å²) in [7, 11) is 0. The van der Waals surface area contributed by atoms with E-state index in [1.807, 2.05) is 0 Å². The number of benzene rings is 2. The number of carbonyl (C=O) groups excluding carboxylic acids is 2. The Morgan fingerprint density at radius 1 is 0.828 bits per heavy atom. The summed E-state index contributed by atoms with van der Waals surface area (Å²) in [6.45, 7) is -4.48. The number of ether oxygens (including phenoxy) is 3. The maximum Gasteiger partial charge on any atom is 0.387 e. The third-order valence-electron chi connectivity index (χ3n) is 3.50. The molecule has 0 spiro atoms. The second-order valence-corrected chi connectivity index (χ2v) is 5.78. The number of amides is 1. The summed E-state index contributed by atoms with van der Waals surface area (Å²) >= 11 is 0. The fourth-order valence-corrected chi connectivity index (χ4v) is 2.19. The lowest BCUT2D eigenvalue weighted by Crippen LogP contribution is -2.36. The van der Waals surface area contributed by atoms with Crippen LogP contribution >= 0.6 is 0 Å². The van der Waals surface area contributed by atoms with Gasteiger partial charge in [-0.25, -0.2) is 4.79 Å². The van der Waals surface area contributed by atoms with Crippen molar-refractivity contribution in [2.75, 3.05) is 6.61 Å². The summed E-state index contributed by atoms with van der Waals surface area (Å²) in [5, 5.41) is 2.59. The number of rotatable bonds is 9. The van der Waals surface area contributed by atoms with Gasteiger partial charge in [0.1, 0.15) is 18.1 Å². The first-order valence-electron chi connectivity index (χ1n) is 8.32. The van der Waals surface area contributed by atoms with Gasteiger partial charge in [0.15, 0.2) is 0 Å². The van der Waals surface area contributed by atoms with Gasteiger partial charge in [-0.2, -0.15) is 17.6 Å². The van der Waals surface area contributed by atoms with Crippen molar-refractivity contribution in [1.82, 2.24) is 5.32 Å². The molecule has 2 aromatic carbocycles. The molecule has 0 aromatic heterocycles. The molecule has 1 amide bonds. The molecule has 2 rings (SSSR count). The number of esters is 1. The molecule has 29 heavy (non-hydrogen) atoms. The fraction of sp³-hybridized carbons (Fsp3) is 0.263. The smallest absolute Gasteiger partial charge is 0.387 e. The number of halogens is 4. The van der Waals surface area contributed by atoms with Crippen LogP contribution in [0.15, 0.2) is 48.5 Å². The van der Waals surface area contributed by atoms with E-state index in [1.54, 1.807) is 6.92 Å². The second-order valence-electron chi connectivity index (χ2n) is 5.78. The summed E-state index contributed by atoms with van der Waals surface area (Å²) < 4.78 is 61.9. The zero-order valence-electron chi connectivity index (χ0n) is 15.1. The Kier molecular flexibility index (Phi) is 7.81. The molecular formula is C19H17F4NO5. The molecular weight excluding hydrogens is 398 g/mol. The molecule has 2 aromatic rings. The zero-order chi connectivity index (χ0) is 21.4. The lowest BCUT2D eigenvalue weighted by Gasteiger charge is -2.14. The average molecular weight is 415 g/mol. The Morgan fingerprint density at radius 3 is 1.72 bits per heavy atom. The van der Waals surface area contributed by atoms with Gasteiger partial charge in [-0.1, -0.05) is 0 Å². The molecule has 0 bridgehead atoms. The van der Waals surface area contributed by atoms with E-state index < -0.39 is 31.1 Å². The molecule has 1 atom stereocenters. The second kappa shape index (κ2) is 10.3. The molecule has 1 unspecified atom stereocenters. The molecule has 0 heterocycles. The van der Waals surface area contributed by atoms with Crippen molar-refractivity contribution in [1.29, 1.82) is 0 Å². The van der Waals surface area contributed by atoms with Crippen LogP contribution in [0, 0.1) is 0 Å². The third kappa shape index (κ3) is 7.32. The van der Waals surface area contributed by atoms with Gasteiger partial charge in [-0.15, -0.1) is 0 Å². The monoisotopic (exact) mass is 415 g/mol. The zero-order valence-corrected chi connectivity index (χ0v) is 15.1. The van der Waals surface area contributed by atoms with Crippen molar-refractivity contribution in [2.45, 2.75) is 26.2 Å². The average Bonchev–Trinajstić information content (AvgIpc) is 2.66. The number of nitrogens with one attached hydrogen (secondary N) is 1. The van der Waals surface area contributed by atoms with Crippen LogP contribution in [-0.4, -0.2) is 37.7 Å². The molecule has 0 saturated carbocycles. The molecule has 0 fully saturated rings. The Bertz CT molecular complexity index is 812. The summed E-state index contributed by atoms with van der Waals surface area (Å²) in [5.74, 6) is -1.38. The first-order chi connectivity index (χ1) is 13.7. The van der Waals surface area contributed by atoms with E-state index in [0.717, 1.165) is 0 Å². The van der Waals surface area contributed by atoms with Crippen molar-refractivity contribution >= 4 is 11.9 Å². The Hall–Kier alpha value is -3.30. The number of hydrogen-bond donors (Lipinski definition) is 1. The van der Waals surface area contributed by atoms with Crippen molar-refractivity contribution in [3.8, 4) is 11.5 Å². The van der Waals surface area contributed by atoms with Crippen LogP contribution in [0.25, 0.3) is 0 Å². The van der Waals surface area contributed by atoms with Gasteiger partial charge in [0.25, 0.3) is 5.91 Å². The van der Waals surface area contributed by atoms with Crippen LogP contribution < -0.4 is 14.8 Å². The van der Waals surface area contributed by atoms with Crippen LogP contribution in [0.1, 0.15) is 27.6 Å². The van der Waals surface area contributed by atoms with E-state index in [-0.39, 0.29) is 29.2 Å². The fourth-order valence-electron chi connectivity index (χ4n) is 2.19. The number of alkyl halides is 4. The highest BCUT2D eigenvalue weighted by atomic mass is 19.3. The maximum atomic E-state index is 12.1. The highest BCUT2D eigenvalue weighted by Crippen LogP contribution is 2.16. The summed E-state index contributed by atoms with van der Waals surface area (Å²) in [5.41, 5.74) is 0.333. The van der Waals surface area contributed by atoms with Gasteiger partial charge in [0.2, 0.25) is 0 Å².